The average Bonchev–Trinajstić information content (AvgIpc) is 2.34. The number of carbonyl (C=O) groups is 2. The second-order valence-electron chi connectivity index (χ2n) is 4.00. The molecule has 90 valence electrons. The van der Waals surface area contributed by atoms with E-state index in [1.165, 1.54) is 0 Å². The van der Waals surface area contributed by atoms with Gasteiger partial charge in [0.1, 0.15) is 5.75 Å². The predicted octanol–water partition coefficient (Wildman–Crippen LogP) is 1.39. The van der Waals surface area contributed by atoms with Crippen molar-refractivity contribution < 1.29 is 14.3 Å². The summed E-state index contributed by atoms with van der Waals surface area (Å²) in [6, 6.07) is 6.77. The molecule has 1 aliphatic rings. The van der Waals surface area contributed by atoms with Crippen molar-refractivity contribution in [1.82, 2.24) is 5.32 Å². The number of amides is 3. The lowest BCUT2D eigenvalue weighted by molar-refractivity contribution is -0.123. The Morgan fingerprint density at radius 2 is 1.94 bits per heavy atom. The molecule has 1 fully saturated rings. The van der Waals surface area contributed by atoms with Crippen LogP contribution in [0.1, 0.15) is 6.92 Å². The summed E-state index contributed by atoms with van der Waals surface area (Å²) in [5.74, 6) is 0.310. The lowest BCUT2D eigenvalue weighted by atomic mass is 10.1. The third kappa shape index (κ3) is 2.22. The van der Waals surface area contributed by atoms with Crippen LogP contribution in [0.4, 0.5) is 10.5 Å². The number of carbonyl (C=O) groups excluding carboxylic acids is 2. The number of hydrogen-bond acceptors (Lipinski definition) is 3. The summed E-state index contributed by atoms with van der Waals surface area (Å²) >= 11 is 0. The van der Waals surface area contributed by atoms with Gasteiger partial charge in [-0.3, -0.25) is 15.0 Å². The molecule has 1 aliphatic heterocycles. The van der Waals surface area contributed by atoms with E-state index >= 15 is 0 Å². The highest BCUT2D eigenvalue weighted by atomic mass is 16.5. The van der Waals surface area contributed by atoms with Gasteiger partial charge in [0.15, 0.2) is 0 Å². The van der Waals surface area contributed by atoms with Gasteiger partial charge in [-0.2, -0.15) is 0 Å². The van der Waals surface area contributed by atoms with Gasteiger partial charge in [-0.15, -0.1) is 0 Å². The van der Waals surface area contributed by atoms with Crippen LogP contribution in [0, 0.1) is 5.92 Å². The molecule has 0 radical (unpaired) electrons. The number of benzene rings is 1. The van der Waals surface area contributed by atoms with E-state index in [1.807, 2.05) is 0 Å². The Bertz CT molecular complexity index is 442. The molecule has 0 bridgehead atoms. The van der Waals surface area contributed by atoms with Crippen molar-refractivity contribution in [2.24, 2.45) is 5.92 Å². The normalized spacial score (nSPS) is 20.1. The van der Waals surface area contributed by atoms with Crippen LogP contribution in [-0.4, -0.2) is 25.6 Å². The van der Waals surface area contributed by atoms with Crippen LogP contribution < -0.4 is 15.0 Å². The molecule has 5 nitrogen and oxygen atoms in total. The Balaban J connectivity index is 2.20. The number of imide groups is 1. The summed E-state index contributed by atoms with van der Waals surface area (Å²) in [6.07, 6.45) is 0. The lowest BCUT2D eigenvalue weighted by Crippen LogP contribution is -2.53. The third-order valence-corrected chi connectivity index (χ3v) is 2.76. The van der Waals surface area contributed by atoms with E-state index in [9.17, 15) is 9.59 Å². The number of methoxy groups -OCH3 is 1. The van der Waals surface area contributed by atoms with Gasteiger partial charge in [-0.25, -0.2) is 4.79 Å². The van der Waals surface area contributed by atoms with Gasteiger partial charge in [0.2, 0.25) is 5.91 Å². The Morgan fingerprint density at radius 3 is 2.53 bits per heavy atom. The van der Waals surface area contributed by atoms with Crippen molar-refractivity contribution in [3.63, 3.8) is 0 Å². The molecule has 17 heavy (non-hydrogen) atoms. The van der Waals surface area contributed by atoms with Gasteiger partial charge < -0.3 is 4.74 Å². The van der Waals surface area contributed by atoms with Crippen molar-refractivity contribution in [3.8, 4) is 5.75 Å². The molecule has 5 heteroatoms. The molecule has 2 rings (SSSR count). The summed E-state index contributed by atoms with van der Waals surface area (Å²) in [7, 11) is 1.59. The second kappa shape index (κ2) is 4.45. The quantitative estimate of drug-likeness (QED) is 0.841. The van der Waals surface area contributed by atoms with Crippen molar-refractivity contribution in [3.05, 3.63) is 24.3 Å². The molecule has 0 aliphatic carbocycles. The number of nitrogens with one attached hydrogen (secondary N) is 1. The van der Waals surface area contributed by atoms with Crippen molar-refractivity contribution in [2.45, 2.75) is 6.92 Å². The Labute approximate surface area is 99.4 Å². The Hall–Kier alpha value is -2.04. The SMILES string of the molecule is COc1ccc(N2CC(C)C(=O)NC2=O)cc1. The van der Waals surface area contributed by atoms with Crippen molar-refractivity contribution in [2.75, 3.05) is 18.6 Å². The molecule has 0 spiro atoms. The van der Waals surface area contributed by atoms with Crippen LogP contribution >= 0.6 is 0 Å². The van der Waals surface area contributed by atoms with E-state index in [4.69, 9.17) is 4.74 Å². The van der Waals surface area contributed by atoms with E-state index in [2.05, 4.69) is 5.32 Å². The molecular weight excluding hydrogens is 220 g/mol. The van der Waals surface area contributed by atoms with Crippen LogP contribution in [-0.2, 0) is 4.79 Å². The highest BCUT2D eigenvalue weighted by molar-refractivity contribution is 6.06. The van der Waals surface area contributed by atoms with Crippen LogP contribution in [0.25, 0.3) is 0 Å². The fraction of sp³-hybridized carbons (Fsp3) is 0.333. The van der Waals surface area contributed by atoms with Gasteiger partial charge in [-0.05, 0) is 24.3 Å². The molecule has 1 aromatic rings. The smallest absolute Gasteiger partial charge is 0.328 e. The zero-order valence-corrected chi connectivity index (χ0v) is 9.77. The number of ether oxygens (including phenoxy) is 1. The molecule has 1 saturated heterocycles. The highest BCUT2D eigenvalue weighted by Crippen LogP contribution is 2.22. The molecule has 0 saturated carbocycles. The number of hydrogen-bond donors (Lipinski definition) is 1. The molecule has 1 unspecified atom stereocenters. The maximum Gasteiger partial charge on any atom is 0.328 e. The first-order valence-corrected chi connectivity index (χ1v) is 5.38. The van der Waals surface area contributed by atoms with Gasteiger partial charge in [0, 0.05) is 12.2 Å². The molecule has 3 amide bonds. The zero-order valence-electron chi connectivity index (χ0n) is 9.77. The highest BCUT2D eigenvalue weighted by Gasteiger charge is 2.29. The third-order valence-electron chi connectivity index (χ3n) is 2.76. The zero-order chi connectivity index (χ0) is 12.4. The second-order valence-corrected chi connectivity index (χ2v) is 4.00. The summed E-state index contributed by atoms with van der Waals surface area (Å²) in [6.45, 7) is 2.19. The minimum atomic E-state index is -0.377. The number of anilines is 1. The first-order valence-electron chi connectivity index (χ1n) is 5.38. The van der Waals surface area contributed by atoms with Crippen LogP contribution in [0.3, 0.4) is 0 Å². The standard InChI is InChI=1S/C12H14N2O3/c1-8-7-14(12(16)13-11(8)15)9-3-5-10(17-2)6-4-9/h3-6,8H,7H2,1-2H3,(H,13,15,16). The molecule has 0 aromatic heterocycles. The fourth-order valence-electron chi connectivity index (χ4n) is 1.72. The van der Waals surface area contributed by atoms with E-state index in [0.717, 1.165) is 11.4 Å². The summed E-state index contributed by atoms with van der Waals surface area (Å²) in [4.78, 5) is 24.5. The molecule has 1 aromatic carbocycles. The Morgan fingerprint density at radius 1 is 1.29 bits per heavy atom. The van der Waals surface area contributed by atoms with Gasteiger partial charge >= 0.3 is 6.03 Å². The van der Waals surface area contributed by atoms with Crippen LogP contribution in [0.15, 0.2) is 24.3 Å². The maximum atomic E-state index is 11.7. The summed E-state index contributed by atoms with van der Waals surface area (Å²) in [5.41, 5.74) is 0.752. The number of rotatable bonds is 2. The van der Waals surface area contributed by atoms with Crippen LogP contribution in [0.2, 0.25) is 0 Å². The maximum absolute atomic E-state index is 11.7. The lowest BCUT2D eigenvalue weighted by Gasteiger charge is -2.30. The monoisotopic (exact) mass is 234 g/mol. The average molecular weight is 234 g/mol. The summed E-state index contributed by atoms with van der Waals surface area (Å²) < 4.78 is 5.05. The van der Waals surface area contributed by atoms with Crippen molar-refractivity contribution in [1.29, 1.82) is 0 Å². The predicted molar refractivity (Wildman–Crippen MR) is 63.0 cm³/mol. The fourth-order valence-corrected chi connectivity index (χ4v) is 1.72. The van der Waals surface area contributed by atoms with Crippen molar-refractivity contribution >= 4 is 17.6 Å². The van der Waals surface area contributed by atoms with E-state index in [0.29, 0.717) is 6.54 Å². The number of urea groups is 1. The first kappa shape index (κ1) is 11.4. The Kier molecular flexibility index (Phi) is 2.99. The largest absolute Gasteiger partial charge is 0.497 e. The van der Waals surface area contributed by atoms with Gasteiger partial charge in [0.25, 0.3) is 0 Å². The first-order chi connectivity index (χ1) is 8.11. The van der Waals surface area contributed by atoms with E-state index in [1.54, 1.807) is 43.2 Å². The molecule has 1 N–H and O–H groups in total. The van der Waals surface area contributed by atoms with E-state index in [-0.39, 0.29) is 17.9 Å². The topological polar surface area (TPSA) is 58.6 Å². The van der Waals surface area contributed by atoms with Crippen LogP contribution in [0.5, 0.6) is 5.75 Å². The van der Waals surface area contributed by atoms with Gasteiger partial charge in [-0.1, -0.05) is 6.92 Å². The van der Waals surface area contributed by atoms with E-state index < -0.39 is 0 Å². The molecule has 1 atom stereocenters. The number of nitrogens with zero attached hydrogens (tertiary/aromatic N) is 1. The molecular formula is C12H14N2O3. The minimum Gasteiger partial charge on any atom is -0.497 e. The van der Waals surface area contributed by atoms with Gasteiger partial charge in [0.05, 0.1) is 13.0 Å². The molecule has 1 heterocycles. The minimum absolute atomic E-state index is 0.199. The summed E-state index contributed by atoms with van der Waals surface area (Å²) in [5, 5.41) is 2.32.